The van der Waals surface area contributed by atoms with Gasteiger partial charge in [0.15, 0.2) is 0 Å². The fourth-order valence-corrected chi connectivity index (χ4v) is 3.09. The second-order valence-electron chi connectivity index (χ2n) is 6.64. The highest BCUT2D eigenvalue weighted by Crippen LogP contribution is 2.20. The molecule has 0 saturated carbocycles. The fraction of sp³-hybridized carbons (Fsp3) is 0.500. The monoisotopic (exact) mass is 327 g/mol. The molecule has 24 heavy (non-hydrogen) atoms. The summed E-state index contributed by atoms with van der Waals surface area (Å²) in [6, 6.07) is 8.29. The summed E-state index contributed by atoms with van der Waals surface area (Å²) in [5, 5.41) is 11.1. The van der Waals surface area contributed by atoms with Crippen molar-refractivity contribution in [2.75, 3.05) is 13.1 Å². The Kier molecular flexibility index (Phi) is 5.13. The highest BCUT2D eigenvalue weighted by atomic mass is 16.2. The topological polar surface area (TPSA) is 63.1 Å². The van der Waals surface area contributed by atoms with Crippen molar-refractivity contribution in [3.8, 4) is 0 Å². The van der Waals surface area contributed by atoms with E-state index in [0.717, 1.165) is 43.7 Å². The highest BCUT2D eigenvalue weighted by Gasteiger charge is 2.23. The minimum absolute atomic E-state index is 0.0349. The molecule has 6 heteroatoms. The van der Waals surface area contributed by atoms with E-state index in [0.29, 0.717) is 12.5 Å². The van der Waals surface area contributed by atoms with E-state index >= 15 is 0 Å². The van der Waals surface area contributed by atoms with Gasteiger partial charge in [0, 0.05) is 33.1 Å². The molecule has 1 N–H and O–H groups in total. The van der Waals surface area contributed by atoms with Crippen molar-refractivity contribution in [2.24, 2.45) is 13.0 Å². The second kappa shape index (κ2) is 7.47. The van der Waals surface area contributed by atoms with Crippen LogP contribution in [0.5, 0.6) is 0 Å². The summed E-state index contributed by atoms with van der Waals surface area (Å²) in [5.74, 6) is 1.60. The third kappa shape index (κ3) is 4.13. The number of carbonyl (C=O) groups is 1. The van der Waals surface area contributed by atoms with Gasteiger partial charge >= 0.3 is 6.03 Å². The normalized spacial score (nSPS) is 15.5. The van der Waals surface area contributed by atoms with Gasteiger partial charge in [0.2, 0.25) is 0 Å². The van der Waals surface area contributed by atoms with Crippen LogP contribution in [0.25, 0.3) is 0 Å². The number of benzene rings is 1. The first-order valence-electron chi connectivity index (χ1n) is 8.53. The Morgan fingerprint density at radius 1 is 1.25 bits per heavy atom. The Labute approximate surface area is 142 Å². The van der Waals surface area contributed by atoms with Gasteiger partial charge in [0.05, 0.1) is 0 Å². The number of hydrogen-bond donors (Lipinski definition) is 1. The molecule has 1 aromatic heterocycles. The highest BCUT2D eigenvalue weighted by molar-refractivity contribution is 5.74. The quantitative estimate of drug-likeness (QED) is 0.937. The molecule has 6 nitrogen and oxygen atoms in total. The zero-order valence-corrected chi connectivity index (χ0v) is 14.4. The predicted octanol–water partition coefficient (Wildman–Crippen LogP) is 2.29. The van der Waals surface area contributed by atoms with Crippen LogP contribution < -0.4 is 5.32 Å². The summed E-state index contributed by atoms with van der Waals surface area (Å²) in [4.78, 5) is 14.2. The molecule has 3 rings (SSSR count). The van der Waals surface area contributed by atoms with Crippen molar-refractivity contribution in [1.82, 2.24) is 25.0 Å². The maximum Gasteiger partial charge on any atom is 0.317 e. The van der Waals surface area contributed by atoms with Gasteiger partial charge in [-0.2, -0.15) is 0 Å². The van der Waals surface area contributed by atoms with Crippen molar-refractivity contribution >= 4 is 6.03 Å². The number of urea groups is 1. The Morgan fingerprint density at radius 2 is 1.96 bits per heavy atom. The Hall–Kier alpha value is -2.37. The van der Waals surface area contributed by atoms with Crippen LogP contribution in [0.2, 0.25) is 0 Å². The maximum atomic E-state index is 12.3. The number of amides is 2. The summed E-state index contributed by atoms with van der Waals surface area (Å²) < 4.78 is 1.97. The summed E-state index contributed by atoms with van der Waals surface area (Å²) in [6.45, 7) is 4.26. The molecule has 2 amide bonds. The number of nitrogens with zero attached hydrogens (tertiary/aromatic N) is 4. The van der Waals surface area contributed by atoms with Crippen LogP contribution in [0.1, 0.15) is 29.8 Å². The van der Waals surface area contributed by atoms with Crippen LogP contribution in [0.3, 0.4) is 0 Å². The van der Waals surface area contributed by atoms with E-state index in [-0.39, 0.29) is 6.03 Å². The lowest BCUT2D eigenvalue weighted by atomic mass is 9.93. The van der Waals surface area contributed by atoms with Crippen molar-refractivity contribution in [1.29, 1.82) is 0 Å². The smallest absolute Gasteiger partial charge is 0.317 e. The minimum atomic E-state index is 0.0349. The molecule has 0 radical (unpaired) electrons. The SMILES string of the molecule is Cc1ccc(CNC(=O)N2CCC(Cc3nncn3C)CC2)cc1. The third-order valence-electron chi connectivity index (χ3n) is 4.74. The van der Waals surface area contributed by atoms with Gasteiger partial charge in [-0.25, -0.2) is 4.79 Å². The number of carbonyl (C=O) groups excluding carboxylic acids is 1. The largest absolute Gasteiger partial charge is 0.334 e. The average molecular weight is 327 g/mol. The van der Waals surface area contributed by atoms with Gasteiger partial charge in [-0.1, -0.05) is 29.8 Å². The standard InChI is InChI=1S/C18H25N5O/c1-14-3-5-16(6-4-14)12-19-18(24)23-9-7-15(8-10-23)11-17-21-20-13-22(17)2/h3-6,13,15H,7-12H2,1-2H3,(H,19,24). The summed E-state index contributed by atoms with van der Waals surface area (Å²) >= 11 is 0. The molecule has 1 aliphatic rings. The number of aryl methyl sites for hydroxylation is 2. The molecule has 0 unspecified atom stereocenters. The van der Waals surface area contributed by atoms with Gasteiger partial charge in [0.1, 0.15) is 12.2 Å². The number of rotatable bonds is 4. The molecule has 2 heterocycles. The first-order chi connectivity index (χ1) is 11.6. The number of nitrogens with one attached hydrogen (secondary N) is 1. The molecule has 0 spiro atoms. The van der Waals surface area contributed by atoms with Crippen LogP contribution in [0.4, 0.5) is 4.79 Å². The zero-order valence-electron chi connectivity index (χ0n) is 14.4. The Morgan fingerprint density at radius 3 is 2.58 bits per heavy atom. The second-order valence-corrected chi connectivity index (χ2v) is 6.64. The van der Waals surface area contributed by atoms with E-state index in [2.05, 4.69) is 46.7 Å². The van der Waals surface area contributed by atoms with Crippen molar-refractivity contribution < 1.29 is 4.79 Å². The first-order valence-corrected chi connectivity index (χ1v) is 8.53. The maximum absolute atomic E-state index is 12.3. The van der Waals surface area contributed by atoms with Crippen molar-refractivity contribution in [3.63, 3.8) is 0 Å². The molecule has 1 aliphatic heterocycles. The molecular formula is C18H25N5O. The summed E-state index contributed by atoms with van der Waals surface area (Å²) in [7, 11) is 1.98. The van der Waals surface area contributed by atoms with E-state index in [4.69, 9.17) is 0 Å². The van der Waals surface area contributed by atoms with Crippen LogP contribution in [-0.2, 0) is 20.0 Å². The first kappa shape index (κ1) is 16.5. The lowest BCUT2D eigenvalue weighted by Gasteiger charge is -2.31. The van der Waals surface area contributed by atoms with E-state index in [1.165, 1.54) is 5.56 Å². The molecule has 0 bridgehead atoms. The molecule has 1 aromatic carbocycles. The number of aromatic nitrogens is 3. The van der Waals surface area contributed by atoms with E-state index in [1.807, 2.05) is 16.5 Å². The molecular weight excluding hydrogens is 302 g/mol. The zero-order chi connectivity index (χ0) is 16.9. The Balaban J connectivity index is 1.43. The van der Waals surface area contributed by atoms with Gasteiger partial charge in [-0.05, 0) is 31.2 Å². The average Bonchev–Trinajstić information content (AvgIpc) is 3.00. The third-order valence-corrected chi connectivity index (χ3v) is 4.74. The van der Waals surface area contributed by atoms with Gasteiger partial charge < -0.3 is 14.8 Å². The molecule has 0 atom stereocenters. The molecule has 0 aliphatic carbocycles. The van der Waals surface area contributed by atoms with Crippen LogP contribution in [0.15, 0.2) is 30.6 Å². The molecule has 1 saturated heterocycles. The number of piperidine rings is 1. The Bertz CT molecular complexity index is 671. The molecule has 128 valence electrons. The summed E-state index contributed by atoms with van der Waals surface area (Å²) in [5.41, 5.74) is 2.36. The van der Waals surface area contributed by atoms with Crippen LogP contribution >= 0.6 is 0 Å². The van der Waals surface area contributed by atoms with E-state index in [9.17, 15) is 4.79 Å². The number of likely N-dealkylation sites (tertiary alicyclic amines) is 1. The van der Waals surface area contributed by atoms with E-state index in [1.54, 1.807) is 6.33 Å². The van der Waals surface area contributed by atoms with Gasteiger partial charge in [-0.15, -0.1) is 10.2 Å². The molecule has 1 fully saturated rings. The minimum Gasteiger partial charge on any atom is -0.334 e. The predicted molar refractivity (Wildman–Crippen MR) is 92.4 cm³/mol. The van der Waals surface area contributed by atoms with Crippen LogP contribution in [0, 0.1) is 12.8 Å². The van der Waals surface area contributed by atoms with E-state index < -0.39 is 0 Å². The lowest BCUT2D eigenvalue weighted by molar-refractivity contribution is 0.169. The fourth-order valence-electron chi connectivity index (χ4n) is 3.09. The summed E-state index contributed by atoms with van der Waals surface area (Å²) in [6.07, 6.45) is 4.72. The lowest BCUT2D eigenvalue weighted by Crippen LogP contribution is -2.44. The van der Waals surface area contributed by atoms with Crippen LogP contribution in [-0.4, -0.2) is 38.8 Å². The van der Waals surface area contributed by atoms with Crippen molar-refractivity contribution in [3.05, 3.63) is 47.5 Å². The molecule has 2 aromatic rings. The van der Waals surface area contributed by atoms with Gasteiger partial charge in [0.25, 0.3) is 0 Å². The van der Waals surface area contributed by atoms with Gasteiger partial charge in [-0.3, -0.25) is 0 Å². The van der Waals surface area contributed by atoms with Crippen molar-refractivity contribution in [2.45, 2.75) is 32.7 Å². The number of hydrogen-bond acceptors (Lipinski definition) is 3.